The van der Waals surface area contributed by atoms with Gasteiger partial charge in [0.15, 0.2) is 0 Å². The zero-order valence-corrected chi connectivity index (χ0v) is 22.4. The molecule has 33 heavy (non-hydrogen) atoms. The third-order valence-electron chi connectivity index (χ3n) is 11.3. The summed E-state index contributed by atoms with van der Waals surface area (Å²) < 4.78 is 0. The number of hydrogen-bond donors (Lipinski definition) is 1. The lowest BCUT2D eigenvalue weighted by atomic mass is 9.47. The van der Waals surface area contributed by atoms with E-state index in [-0.39, 0.29) is 6.10 Å². The Balaban J connectivity index is 1.35. The molecule has 0 radical (unpaired) electrons. The highest BCUT2D eigenvalue weighted by Crippen LogP contribution is 2.67. The van der Waals surface area contributed by atoms with Gasteiger partial charge in [0.1, 0.15) is 5.78 Å². The van der Waals surface area contributed by atoms with Crippen molar-refractivity contribution in [2.45, 2.75) is 131 Å². The number of aliphatic hydroxyl groups is 1. The maximum atomic E-state index is 12.0. The van der Waals surface area contributed by atoms with Gasteiger partial charge in [-0.05, 0) is 104 Å². The summed E-state index contributed by atoms with van der Waals surface area (Å²) in [5.74, 6) is 5.32. The van der Waals surface area contributed by atoms with Crippen LogP contribution in [0.15, 0.2) is 11.6 Å². The number of rotatable bonds is 9. The molecule has 0 spiro atoms. The van der Waals surface area contributed by atoms with Crippen LogP contribution in [0.4, 0.5) is 0 Å². The van der Waals surface area contributed by atoms with Gasteiger partial charge in [0.2, 0.25) is 0 Å². The quantitative estimate of drug-likeness (QED) is 0.356. The van der Waals surface area contributed by atoms with Crippen LogP contribution in [0.2, 0.25) is 0 Å². The van der Waals surface area contributed by atoms with E-state index in [9.17, 15) is 9.90 Å². The molecule has 2 heteroatoms. The molecule has 0 aromatic rings. The Morgan fingerprint density at radius 3 is 2.64 bits per heavy atom. The maximum Gasteiger partial charge on any atom is 0.133 e. The van der Waals surface area contributed by atoms with E-state index in [1.54, 1.807) is 5.57 Å². The number of hydrogen-bond acceptors (Lipinski definition) is 2. The molecular weight excluding hydrogens is 404 g/mol. The van der Waals surface area contributed by atoms with Gasteiger partial charge in [0, 0.05) is 12.8 Å². The predicted molar refractivity (Wildman–Crippen MR) is 138 cm³/mol. The monoisotopic (exact) mass is 456 g/mol. The van der Waals surface area contributed by atoms with Crippen LogP contribution >= 0.6 is 0 Å². The van der Waals surface area contributed by atoms with E-state index in [1.165, 1.54) is 57.8 Å². The van der Waals surface area contributed by atoms with Crippen molar-refractivity contribution in [1.82, 2.24) is 0 Å². The lowest BCUT2D eigenvalue weighted by molar-refractivity contribution is -0.119. The molecule has 4 rings (SSSR count). The third-order valence-corrected chi connectivity index (χ3v) is 11.3. The second kappa shape index (κ2) is 10.2. The molecule has 0 aromatic heterocycles. The van der Waals surface area contributed by atoms with Crippen LogP contribution < -0.4 is 0 Å². The summed E-state index contributed by atoms with van der Waals surface area (Å²) in [4.78, 5) is 12.0. The number of Topliss-reactive ketones (excluding diaryl/α,β-unsaturated/α-hetero) is 1. The van der Waals surface area contributed by atoms with Gasteiger partial charge in [-0.15, -0.1) is 0 Å². The molecule has 0 heterocycles. The molecule has 3 fully saturated rings. The normalized spacial score (nSPS) is 42.0. The molecule has 9 atom stereocenters. The van der Waals surface area contributed by atoms with Crippen molar-refractivity contribution in [2.75, 3.05) is 0 Å². The first-order chi connectivity index (χ1) is 15.7. The molecule has 3 saturated carbocycles. The molecule has 2 nitrogen and oxygen atoms in total. The van der Waals surface area contributed by atoms with E-state index < -0.39 is 0 Å². The van der Waals surface area contributed by atoms with Gasteiger partial charge < -0.3 is 5.11 Å². The minimum atomic E-state index is -0.0982. The van der Waals surface area contributed by atoms with Crippen molar-refractivity contribution < 1.29 is 9.90 Å². The van der Waals surface area contributed by atoms with Crippen LogP contribution in [-0.4, -0.2) is 17.0 Å². The zero-order chi connectivity index (χ0) is 23.8. The first-order valence-corrected chi connectivity index (χ1v) is 14.6. The molecule has 188 valence electrons. The summed E-state index contributed by atoms with van der Waals surface area (Å²) in [6.07, 6.45) is 19.0. The van der Waals surface area contributed by atoms with Crippen LogP contribution in [-0.2, 0) is 4.79 Å². The largest absolute Gasteiger partial charge is 0.393 e. The Bertz CT molecular complexity index is 724. The van der Waals surface area contributed by atoms with Crippen molar-refractivity contribution in [3.8, 4) is 0 Å². The van der Waals surface area contributed by atoms with Gasteiger partial charge in [0.25, 0.3) is 0 Å². The summed E-state index contributed by atoms with van der Waals surface area (Å²) in [5.41, 5.74) is 2.48. The first-order valence-electron chi connectivity index (χ1n) is 14.6. The Hall–Kier alpha value is -0.630. The molecule has 4 aliphatic carbocycles. The number of aliphatic hydroxyl groups excluding tert-OH is 1. The fourth-order valence-corrected chi connectivity index (χ4v) is 9.48. The molecule has 0 saturated heterocycles. The number of carbonyl (C=O) groups excluding carboxylic acids is 1. The molecule has 0 bridgehead atoms. The fourth-order valence-electron chi connectivity index (χ4n) is 9.48. The molecule has 4 aliphatic rings. The lowest BCUT2D eigenvalue weighted by Crippen LogP contribution is -2.50. The summed E-state index contributed by atoms with van der Waals surface area (Å²) in [5, 5.41) is 10.3. The smallest absolute Gasteiger partial charge is 0.133 e. The molecule has 0 aromatic carbocycles. The van der Waals surface area contributed by atoms with Gasteiger partial charge in [-0.25, -0.2) is 0 Å². The minimum Gasteiger partial charge on any atom is -0.393 e. The van der Waals surface area contributed by atoms with Crippen molar-refractivity contribution in [1.29, 1.82) is 0 Å². The predicted octanol–water partition coefficient (Wildman–Crippen LogP) is 8.13. The fraction of sp³-hybridized carbons (Fsp3) is 0.903. The van der Waals surface area contributed by atoms with Crippen molar-refractivity contribution >= 4 is 5.78 Å². The maximum absolute atomic E-state index is 12.0. The van der Waals surface area contributed by atoms with Crippen LogP contribution in [0.25, 0.3) is 0 Å². The van der Waals surface area contributed by atoms with Gasteiger partial charge >= 0.3 is 0 Å². The van der Waals surface area contributed by atoms with Crippen LogP contribution in [0.3, 0.4) is 0 Å². The van der Waals surface area contributed by atoms with Crippen LogP contribution in [0.5, 0.6) is 0 Å². The standard InChI is InChI=1S/C31H52O2/c1-6-8-24(32)19-21(2)9-7-10-22(3)27-13-14-28-26-12-11-23-20-25(33)15-17-30(23,4)29(26)16-18-31(27,28)5/h11,21-22,25-29,33H,6-10,12-20H2,1-5H3/t21?,22-,25+,26+,27-,28+,29+,30+,31-/m1/s1. The highest BCUT2D eigenvalue weighted by molar-refractivity contribution is 5.78. The zero-order valence-electron chi connectivity index (χ0n) is 22.4. The molecule has 1 unspecified atom stereocenters. The summed E-state index contributed by atoms with van der Waals surface area (Å²) >= 11 is 0. The summed E-state index contributed by atoms with van der Waals surface area (Å²) in [6.45, 7) is 12.1. The van der Waals surface area contributed by atoms with Gasteiger partial charge in [0.05, 0.1) is 6.10 Å². The van der Waals surface area contributed by atoms with E-state index in [2.05, 4.69) is 40.7 Å². The van der Waals surface area contributed by atoms with Crippen molar-refractivity contribution in [2.24, 2.45) is 46.3 Å². The van der Waals surface area contributed by atoms with Gasteiger partial charge in [-0.3, -0.25) is 4.79 Å². The topological polar surface area (TPSA) is 37.3 Å². The molecule has 1 N–H and O–H groups in total. The lowest BCUT2D eigenvalue weighted by Gasteiger charge is -2.58. The van der Waals surface area contributed by atoms with Crippen LogP contribution in [0, 0.1) is 46.3 Å². The number of ketones is 1. The second-order valence-electron chi connectivity index (χ2n) is 13.4. The Morgan fingerprint density at radius 2 is 1.88 bits per heavy atom. The highest BCUT2D eigenvalue weighted by atomic mass is 16.3. The highest BCUT2D eigenvalue weighted by Gasteiger charge is 2.59. The van der Waals surface area contributed by atoms with E-state index >= 15 is 0 Å². The summed E-state index contributed by atoms with van der Waals surface area (Å²) in [6, 6.07) is 0. The SMILES string of the molecule is CCCC(=O)CC(C)CCC[C@@H](C)[C@H]1CC[C@H]2[C@@H]3CC=C4C[C@@H](O)CC[C@]4(C)[C@H]3CC[C@]12C. The Kier molecular flexibility index (Phi) is 7.84. The van der Waals surface area contributed by atoms with E-state index in [4.69, 9.17) is 0 Å². The summed E-state index contributed by atoms with van der Waals surface area (Å²) in [7, 11) is 0. The Labute approximate surface area is 204 Å². The van der Waals surface area contributed by atoms with E-state index in [0.717, 1.165) is 61.7 Å². The molecular formula is C31H52O2. The molecule has 0 amide bonds. The third kappa shape index (κ3) is 4.89. The average molecular weight is 457 g/mol. The van der Waals surface area contributed by atoms with Crippen LogP contribution in [0.1, 0.15) is 125 Å². The van der Waals surface area contributed by atoms with E-state index in [1.807, 2.05) is 0 Å². The first kappa shape index (κ1) is 25.5. The number of carbonyl (C=O) groups is 1. The van der Waals surface area contributed by atoms with E-state index in [0.29, 0.717) is 22.5 Å². The number of allylic oxidation sites excluding steroid dienone is 1. The van der Waals surface area contributed by atoms with Gasteiger partial charge in [-0.1, -0.05) is 65.5 Å². The average Bonchev–Trinajstić information content (AvgIpc) is 3.11. The minimum absolute atomic E-state index is 0.0982. The number of fused-ring (bicyclic) bond motifs is 5. The Morgan fingerprint density at radius 1 is 1.09 bits per heavy atom. The van der Waals surface area contributed by atoms with Gasteiger partial charge in [-0.2, -0.15) is 0 Å². The second-order valence-corrected chi connectivity index (χ2v) is 13.4. The van der Waals surface area contributed by atoms with Crippen molar-refractivity contribution in [3.63, 3.8) is 0 Å². The molecule has 0 aliphatic heterocycles. The van der Waals surface area contributed by atoms with Crippen molar-refractivity contribution in [3.05, 3.63) is 11.6 Å².